The minimum absolute atomic E-state index is 0.204. The van der Waals surface area contributed by atoms with Gasteiger partial charge in [-0.05, 0) is 17.7 Å². The molecule has 3 rings (SSSR count). The summed E-state index contributed by atoms with van der Waals surface area (Å²) < 4.78 is 1.80. The number of carbonyl (C=O) groups is 1. The third kappa shape index (κ3) is 2.43. The van der Waals surface area contributed by atoms with Gasteiger partial charge >= 0.3 is 5.97 Å². The largest absolute Gasteiger partial charge is 0.477 e. The summed E-state index contributed by atoms with van der Waals surface area (Å²) in [6.45, 7) is 0.516. The third-order valence-electron chi connectivity index (χ3n) is 3.41. The lowest BCUT2D eigenvalue weighted by molar-refractivity contribution is 0.0695. The zero-order valence-electron chi connectivity index (χ0n) is 11.2. The first-order valence-electron chi connectivity index (χ1n) is 6.56. The second-order valence-corrected chi connectivity index (χ2v) is 4.81. The van der Waals surface area contributed by atoms with Crippen LogP contribution in [-0.4, -0.2) is 15.6 Å². The topological polar surface area (TPSA) is 59.3 Å². The highest BCUT2D eigenvalue weighted by Gasteiger charge is 2.14. The normalized spacial score (nSPS) is 10.7. The van der Waals surface area contributed by atoms with Crippen molar-refractivity contribution in [3.63, 3.8) is 0 Å². The lowest BCUT2D eigenvalue weighted by Gasteiger charge is -2.12. The smallest absolute Gasteiger partial charge is 0.341 e. The van der Waals surface area contributed by atoms with Crippen LogP contribution in [0.15, 0.2) is 65.6 Å². The van der Waals surface area contributed by atoms with Crippen molar-refractivity contribution in [1.29, 1.82) is 0 Å². The first-order chi connectivity index (χ1) is 10.2. The molecule has 0 bridgehead atoms. The summed E-state index contributed by atoms with van der Waals surface area (Å²) in [5.41, 5.74) is 1.13. The van der Waals surface area contributed by atoms with Crippen LogP contribution in [0, 0.1) is 0 Å². The average Bonchev–Trinajstić information content (AvgIpc) is 2.51. The van der Waals surface area contributed by atoms with Crippen LogP contribution in [0.2, 0.25) is 0 Å². The molecule has 0 radical (unpaired) electrons. The van der Waals surface area contributed by atoms with Crippen molar-refractivity contribution in [2.75, 3.05) is 0 Å². The second-order valence-electron chi connectivity index (χ2n) is 4.81. The molecular weight excluding hydrogens is 266 g/mol. The van der Waals surface area contributed by atoms with Crippen molar-refractivity contribution in [3.05, 3.63) is 82.1 Å². The molecule has 0 aliphatic carbocycles. The molecule has 1 heterocycles. The fraction of sp³-hybridized carbons (Fsp3) is 0.0588. The molecule has 0 aliphatic rings. The molecule has 0 saturated heterocycles. The van der Waals surface area contributed by atoms with Gasteiger partial charge in [-0.3, -0.25) is 4.79 Å². The maximum atomic E-state index is 12.2. The van der Waals surface area contributed by atoms with Gasteiger partial charge in [-0.2, -0.15) is 0 Å². The van der Waals surface area contributed by atoms with Gasteiger partial charge in [0.1, 0.15) is 5.56 Å². The van der Waals surface area contributed by atoms with E-state index in [-0.39, 0.29) is 5.56 Å². The number of hydrogen-bond donors (Lipinski definition) is 1. The molecule has 1 aromatic heterocycles. The van der Waals surface area contributed by atoms with Crippen LogP contribution < -0.4 is 5.43 Å². The molecule has 4 heteroatoms. The number of benzene rings is 2. The van der Waals surface area contributed by atoms with Crippen molar-refractivity contribution >= 4 is 16.9 Å². The molecule has 1 N–H and O–H groups in total. The van der Waals surface area contributed by atoms with Gasteiger partial charge in [0.2, 0.25) is 5.43 Å². The molecule has 4 nitrogen and oxygen atoms in total. The minimum atomic E-state index is -1.20. The van der Waals surface area contributed by atoms with Crippen molar-refractivity contribution < 1.29 is 9.90 Å². The van der Waals surface area contributed by atoms with Crippen LogP contribution in [0.25, 0.3) is 10.9 Å². The number of carboxylic acid groups (broad SMARTS) is 1. The highest BCUT2D eigenvalue weighted by atomic mass is 16.4. The number of rotatable bonds is 3. The van der Waals surface area contributed by atoms with Gasteiger partial charge < -0.3 is 9.67 Å². The Morgan fingerprint density at radius 3 is 2.38 bits per heavy atom. The van der Waals surface area contributed by atoms with Gasteiger partial charge in [0.25, 0.3) is 0 Å². The fourth-order valence-corrected chi connectivity index (χ4v) is 2.41. The van der Waals surface area contributed by atoms with E-state index in [4.69, 9.17) is 0 Å². The zero-order valence-corrected chi connectivity index (χ0v) is 11.2. The van der Waals surface area contributed by atoms with E-state index in [1.807, 2.05) is 42.5 Å². The summed E-state index contributed by atoms with van der Waals surface area (Å²) in [4.78, 5) is 23.4. The standard InChI is InChI=1S/C17H13NO3/c19-16-13-8-4-5-9-15(13)18(11-14(16)17(20)21)10-12-6-2-1-3-7-12/h1-9,11H,10H2,(H,20,21). The Morgan fingerprint density at radius 2 is 1.67 bits per heavy atom. The predicted octanol–water partition coefficient (Wildman–Crippen LogP) is 2.75. The van der Waals surface area contributed by atoms with Gasteiger partial charge in [0.15, 0.2) is 0 Å². The Morgan fingerprint density at radius 1 is 1.00 bits per heavy atom. The monoisotopic (exact) mass is 279 g/mol. The van der Waals surface area contributed by atoms with E-state index >= 15 is 0 Å². The summed E-state index contributed by atoms with van der Waals surface area (Å²) in [6, 6.07) is 16.8. The van der Waals surface area contributed by atoms with Gasteiger partial charge in [-0.25, -0.2) is 4.79 Å². The highest BCUT2D eigenvalue weighted by molar-refractivity contribution is 5.92. The predicted molar refractivity (Wildman–Crippen MR) is 80.7 cm³/mol. The number of nitrogens with zero attached hydrogens (tertiary/aromatic N) is 1. The van der Waals surface area contributed by atoms with E-state index in [0.29, 0.717) is 11.9 Å². The Hall–Kier alpha value is -2.88. The number of hydrogen-bond acceptors (Lipinski definition) is 2. The van der Waals surface area contributed by atoms with E-state index in [1.54, 1.807) is 16.7 Å². The molecule has 0 atom stereocenters. The molecule has 0 unspecified atom stereocenters. The first-order valence-corrected chi connectivity index (χ1v) is 6.56. The van der Waals surface area contributed by atoms with Crippen LogP contribution in [0.1, 0.15) is 15.9 Å². The van der Waals surface area contributed by atoms with Crippen molar-refractivity contribution in [1.82, 2.24) is 4.57 Å². The number of para-hydroxylation sites is 1. The molecule has 0 aliphatic heterocycles. The summed E-state index contributed by atoms with van der Waals surface area (Å²) >= 11 is 0. The summed E-state index contributed by atoms with van der Waals surface area (Å²) in [7, 11) is 0. The van der Waals surface area contributed by atoms with Crippen LogP contribution in [-0.2, 0) is 6.54 Å². The SMILES string of the molecule is O=C(O)c1cn(Cc2ccccc2)c2ccccc2c1=O. The average molecular weight is 279 g/mol. The van der Waals surface area contributed by atoms with Gasteiger partial charge in [0.05, 0.1) is 5.52 Å². The Kier molecular flexibility index (Phi) is 3.28. The molecule has 0 spiro atoms. The quantitative estimate of drug-likeness (QED) is 0.802. The molecule has 21 heavy (non-hydrogen) atoms. The molecular formula is C17H13NO3. The summed E-state index contributed by atoms with van der Waals surface area (Å²) in [5, 5.41) is 9.63. The van der Waals surface area contributed by atoms with Crippen LogP contribution in [0.4, 0.5) is 0 Å². The van der Waals surface area contributed by atoms with Gasteiger partial charge in [-0.15, -0.1) is 0 Å². The van der Waals surface area contributed by atoms with E-state index < -0.39 is 11.4 Å². The van der Waals surface area contributed by atoms with E-state index in [2.05, 4.69) is 0 Å². The summed E-state index contributed by atoms with van der Waals surface area (Å²) in [5.74, 6) is -1.20. The Balaban J connectivity index is 2.24. The Labute approximate surface area is 120 Å². The summed E-state index contributed by atoms with van der Waals surface area (Å²) in [6.07, 6.45) is 1.42. The number of aromatic nitrogens is 1. The van der Waals surface area contributed by atoms with E-state index in [9.17, 15) is 14.7 Å². The van der Waals surface area contributed by atoms with Crippen molar-refractivity contribution in [2.45, 2.75) is 6.54 Å². The van der Waals surface area contributed by atoms with E-state index in [1.165, 1.54) is 6.20 Å². The number of carboxylic acids is 1. The third-order valence-corrected chi connectivity index (χ3v) is 3.41. The second kappa shape index (κ2) is 5.25. The first kappa shape index (κ1) is 13.1. The number of fused-ring (bicyclic) bond motifs is 1. The lowest BCUT2D eigenvalue weighted by Crippen LogP contribution is -2.19. The molecule has 3 aromatic rings. The van der Waals surface area contributed by atoms with Crippen molar-refractivity contribution in [2.24, 2.45) is 0 Å². The maximum absolute atomic E-state index is 12.2. The van der Waals surface area contributed by atoms with Crippen molar-refractivity contribution in [3.8, 4) is 0 Å². The molecule has 0 fully saturated rings. The van der Waals surface area contributed by atoms with Crippen LogP contribution in [0.5, 0.6) is 0 Å². The minimum Gasteiger partial charge on any atom is -0.477 e. The maximum Gasteiger partial charge on any atom is 0.341 e. The zero-order chi connectivity index (χ0) is 14.8. The number of pyridine rings is 1. The van der Waals surface area contributed by atoms with E-state index in [0.717, 1.165) is 11.1 Å². The lowest BCUT2D eigenvalue weighted by atomic mass is 10.1. The van der Waals surface area contributed by atoms with Gasteiger partial charge in [0, 0.05) is 18.1 Å². The van der Waals surface area contributed by atoms with Gasteiger partial charge in [-0.1, -0.05) is 42.5 Å². The molecule has 0 amide bonds. The molecule has 0 saturated carbocycles. The highest BCUT2D eigenvalue weighted by Crippen LogP contribution is 2.14. The van der Waals surface area contributed by atoms with Crippen LogP contribution in [0.3, 0.4) is 0 Å². The van der Waals surface area contributed by atoms with Crippen LogP contribution >= 0.6 is 0 Å². The Bertz CT molecular complexity index is 866. The number of aromatic carboxylic acids is 1. The molecule has 2 aromatic carbocycles. The fourth-order valence-electron chi connectivity index (χ4n) is 2.41. The molecule has 104 valence electrons.